The second-order valence-corrected chi connectivity index (χ2v) is 10.5. The molecule has 7 nitrogen and oxygen atoms in total. The van der Waals surface area contributed by atoms with Crippen LogP contribution in [-0.2, 0) is 9.53 Å². The molecule has 1 aliphatic heterocycles. The zero-order chi connectivity index (χ0) is 23.5. The van der Waals surface area contributed by atoms with Crippen LogP contribution in [0.3, 0.4) is 0 Å². The Kier molecular flexibility index (Phi) is 7.61. The SMILES string of the molecule is CC(C)(C)OC(=O)NC1CCN(C(=O)C(c2ccc(O)c(Cl)c2)C2(O)CCCCC2)CC1. The van der Waals surface area contributed by atoms with E-state index in [-0.39, 0.29) is 22.7 Å². The summed E-state index contributed by atoms with van der Waals surface area (Å²) in [6.07, 6.45) is 4.68. The fourth-order valence-corrected chi connectivity index (χ4v) is 4.93. The van der Waals surface area contributed by atoms with Crippen LogP contribution in [0.2, 0.25) is 5.02 Å². The Morgan fingerprint density at radius 1 is 1.19 bits per heavy atom. The predicted molar refractivity (Wildman–Crippen MR) is 123 cm³/mol. The number of benzene rings is 1. The number of nitrogens with zero attached hydrogens (tertiary/aromatic N) is 1. The van der Waals surface area contributed by atoms with Crippen LogP contribution in [0.1, 0.15) is 77.2 Å². The second-order valence-electron chi connectivity index (χ2n) is 10.1. The highest BCUT2D eigenvalue weighted by atomic mass is 35.5. The molecule has 2 aliphatic rings. The molecule has 0 radical (unpaired) electrons. The Balaban J connectivity index is 1.72. The van der Waals surface area contributed by atoms with E-state index >= 15 is 0 Å². The highest BCUT2D eigenvalue weighted by Crippen LogP contribution is 2.42. The maximum absolute atomic E-state index is 13.7. The van der Waals surface area contributed by atoms with Gasteiger partial charge in [-0.15, -0.1) is 0 Å². The lowest BCUT2D eigenvalue weighted by Crippen LogP contribution is -2.52. The molecule has 178 valence electrons. The number of likely N-dealkylation sites (tertiary alicyclic amines) is 1. The first-order chi connectivity index (χ1) is 15.0. The summed E-state index contributed by atoms with van der Waals surface area (Å²) in [6, 6.07) is 4.67. The fourth-order valence-electron chi connectivity index (χ4n) is 4.74. The molecule has 1 aromatic carbocycles. The highest BCUT2D eigenvalue weighted by Gasteiger charge is 2.45. The third-order valence-electron chi connectivity index (χ3n) is 6.34. The van der Waals surface area contributed by atoms with Crippen LogP contribution in [0.5, 0.6) is 5.75 Å². The molecule has 0 bridgehead atoms. The topological polar surface area (TPSA) is 99.1 Å². The smallest absolute Gasteiger partial charge is 0.407 e. The minimum atomic E-state index is -1.14. The molecule has 1 saturated heterocycles. The molecule has 32 heavy (non-hydrogen) atoms. The number of nitrogens with one attached hydrogen (secondary N) is 1. The number of carbonyl (C=O) groups excluding carboxylic acids is 2. The molecule has 2 amide bonds. The lowest BCUT2D eigenvalue weighted by Gasteiger charge is -2.42. The van der Waals surface area contributed by atoms with Crippen molar-refractivity contribution in [3.05, 3.63) is 28.8 Å². The van der Waals surface area contributed by atoms with E-state index in [1.807, 2.05) is 20.8 Å². The number of ether oxygens (including phenoxy) is 1. The van der Waals surface area contributed by atoms with Crippen molar-refractivity contribution >= 4 is 23.6 Å². The van der Waals surface area contributed by atoms with Gasteiger partial charge in [-0.3, -0.25) is 4.79 Å². The van der Waals surface area contributed by atoms with Crippen molar-refractivity contribution in [3.63, 3.8) is 0 Å². The monoisotopic (exact) mass is 466 g/mol. The second kappa shape index (κ2) is 9.87. The van der Waals surface area contributed by atoms with Gasteiger partial charge in [-0.25, -0.2) is 4.79 Å². The van der Waals surface area contributed by atoms with Crippen LogP contribution in [-0.4, -0.2) is 57.4 Å². The average Bonchev–Trinajstić information content (AvgIpc) is 2.70. The maximum Gasteiger partial charge on any atom is 0.407 e. The minimum absolute atomic E-state index is 0.0497. The third-order valence-corrected chi connectivity index (χ3v) is 6.64. The Morgan fingerprint density at radius 3 is 2.38 bits per heavy atom. The molecule has 1 aromatic rings. The maximum atomic E-state index is 13.7. The molecule has 1 unspecified atom stereocenters. The highest BCUT2D eigenvalue weighted by molar-refractivity contribution is 6.32. The number of carbonyl (C=O) groups is 2. The first-order valence-corrected chi connectivity index (χ1v) is 11.9. The first-order valence-electron chi connectivity index (χ1n) is 11.5. The number of piperidine rings is 1. The number of halogens is 1. The van der Waals surface area contributed by atoms with Crippen LogP contribution >= 0.6 is 11.6 Å². The normalized spacial score (nSPS) is 20.5. The minimum Gasteiger partial charge on any atom is -0.506 e. The van der Waals surface area contributed by atoms with Crippen LogP contribution < -0.4 is 5.32 Å². The van der Waals surface area contributed by atoms with E-state index in [4.69, 9.17) is 16.3 Å². The van der Waals surface area contributed by atoms with Gasteiger partial charge in [-0.2, -0.15) is 0 Å². The predicted octanol–water partition coefficient (Wildman–Crippen LogP) is 4.34. The van der Waals surface area contributed by atoms with Crippen LogP contribution in [0, 0.1) is 0 Å². The van der Waals surface area contributed by atoms with Crippen molar-refractivity contribution in [3.8, 4) is 5.75 Å². The van der Waals surface area contributed by atoms with Crippen LogP contribution in [0.15, 0.2) is 18.2 Å². The Hall–Kier alpha value is -1.99. The van der Waals surface area contributed by atoms with Crippen molar-refractivity contribution in [2.24, 2.45) is 0 Å². The third kappa shape index (κ3) is 6.07. The lowest BCUT2D eigenvalue weighted by atomic mass is 9.72. The summed E-state index contributed by atoms with van der Waals surface area (Å²) in [5, 5.41) is 24.4. The van der Waals surface area contributed by atoms with E-state index in [0.29, 0.717) is 44.3 Å². The number of aliphatic hydroxyl groups is 1. The van der Waals surface area contributed by atoms with Crippen molar-refractivity contribution in [1.82, 2.24) is 10.2 Å². The molecule has 2 fully saturated rings. The van der Waals surface area contributed by atoms with Gasteiger partial charge in [0.1, 0.15) is 11.4 Å². The summed E-state index contributed by atoms with van der Waals surface area (Å²) in [7, 11) is 0. The Bertz CT molecular complexity index is 824. The summed E-state index contributed by atoms with van der Waals surface area (Å²) >= 11 is 6.14. The summed E-state index contributed by atoms with van der Waals surface area (Å²) in [6.45, 7) is 6.42. The van der Waals surface area contributed by atoms with Gasteiger partial charge in [-0.05, 0) is 64.2 Å². The van der Waals surface area contributed by atoms with Crippen LogP contribution in [0.4, 0.5) is 4.79 Å². The van der Waals surface area contributed by atoms with Gasteiger partial charge in [-0.1, -0.05) is 36.9 Å². The van der Waals surface area contributed by atoms with E-state index in [1.165, 1.54) is 6.07 Å². The Labute approximate surface area is 195 Å². The van der Waals surface area contributed by atoms with E-state index in [1.54, 1.807) is 17.0 Å². The molecule has 0 aromatic heterocycles. The van der Waals surface area contributed by atoms with Crippen molar-refractivity contribution in [2.75, 3.05) is 13.1 Å². The number of amides is 2. The molecule has 1 atom stereocenters. The van der Waals surface area contributed by atoms with E-state index < -0.39 is 23.2 Å². The zero-order valence-electron chi connectivity index (χ0n) is 19.2. The molecule has 8 heteroatoms. The molecular formula is C24H35ClN2O5. The molecule has 0 spiro atoms. The summed E-state index contributed by atoms with van der Waals surface area (Å²) in [4.78, 5) is 27.5. The molecule has 1 aliphatic carbocycles. The largest absolute Gasteiger partial charge is 0.506 e. The van der Waals surface area contributed by atoms with Gasteiger partial charge < -0.3 is 25.2 Å². The van der Waals surface area contributed by atoms with Gasteiger partial charge in [0.25, 0.3) is 0 Å². The number of aromatic hydroxyl groups is 1. The lowest BCUT2D eigenvalue weighted by molar-refractivity contribution is -0.142. The molecule has 3 rings (SSSR count). The molecule has 1 saturated carbocycles. The van der Waals surface area contributed by atoms with E-state index in [2.05, 4.69) is 5.32 Å². The standard InChI is InChI=1S/C24H35ClN2O5/c1-23(2,3)32-22(30)26-17-9-13-27(14-10-17)21(29)20(24(31)11-5-4-6-12-24)16-7-8-19(28)18(25)15-16/h7-8,15,17,20,28,31H,4-6,9-14H2,1-3H3,(H,26,30). The van der Waals surface area contributed by atoms with Crippen molar-refractivity contribution in [2.45, 2.75) is 88.9 Å². The average molecular weight is 467 g/mol. The number of hydrogen-bond donors (Lipinski definition) is 3. The van der Waals surface area contributed by atoms with Gasteiger partial charge >= 0.3 is 6.09 Å². The number of rotatable bonds is 4. The Morgan fingerprint density at radius 2 is 1.81 bits per heavy atom. The van der Waals surface area contributed by atoms with Gasteiger partial charge in [0.2, 0.25) is 5.91 Å². The first kappa shape index (κ1) is 24.6. The van der Waals surface area contributed by atoms with Crippen LogP contribution in [0.25, 0.3) is 0 Å². The number of phenols is 1. The van der Waals surface area contributed by atoms with Gasteiger partial charge in [0.05, 0.1) is 16.5 Å². The molecular weight excluding hydrogens is 432 g/mol. The van der Waals surface area contributed by atoms with E-state index in [0.717, 1.165) is 19.3 Å². The quantitative estimate of drug-likeness (QED) is 0.613. The van der Waals surface area contributed by atoms with Crippen molar-refractivity contribution in [1.29, 1.82) is 0 Å². The van der Waals surface area contributed by atoms with Crippen molar-refractivity contribution < 1.29 is 24.5 Å². The molecule has 3 N–H and O–H groups in total. The fraction of sp³-hybridized carbons (Fsp3) is 0.667. The molecule has 1 heterocycles. The van der Waals surface area contributed by atoms with Gasteiger partial charge in [0, 0.05) is 19.1 Å². The summed E-state index contributed by atoms with van der Waals surface area (Å²) in [5.41, 5.74) is -1.08. The summed E-state index contributed by atoms with van der Waals surface area (Å²) in [5.74, 6) is -0.922. The summed E-state index contributed by atoms with van der Waals surface area (Å²) < 4.78 is 5.33. The number of hydrogen-bond acceptors (Lipinski definition) is 5. The number of alkyl carbamates (subject to hydrolysis) is 1. The number of phenolic OH excluding ortho intramolecular Hbond substituents is 1. The van der Waals surface area contributed by atoms with E-state index in [9.17, 15) is 19.8 Å². The zero-order valence-corrected chi connectivity index (χ0v) is 20.0. The van der Waals surface area contributed by atoms with Gasteiger partial charge in [0.15, 0.2) is 0 Å².